The highest BCUT2D eigenvalue weighted by molar-refractivity contribution is 5.83. The Hall–Kier alpha value is -2.80. The van der Waals surface area contributed by atoms with E-state index in [0.717, 1.165) is 11.1 Å². The summed E-state index contributed by atoms with van der Waals surface area (Å²) >= 11 is 0. The molecule has 0 saturated heterocycles. The number of fused-ring (bicyclic) bond motifs is 1. The number of benzene rings is 1. The number of carbonyl (C=O) groups is 1. The lowest BCUT2D eigenvalue weighted by Crippen LogP contribution is -2.36. The topological polar surface area (TPSA) is 62.5 Å². The van der Waals surface area contributed by atoms with Crippen molar-refractivity contribution in [3.05, 3.63) is 65.9 Å². The predicted molar refractivity (Wildman–Crippen MR) is 87.7 cm³/mol. The molecule has 24 heavy (non-hydrogen) atoms. The van der Waals surface area contributed by atoms with E-state index in [2.05, 4.69) is 15.4 Å². The zero-order chi connectivity index (χ0) is 17.1. The molecule has 0 aliphatic rings. The van der Waals surface area contributed by atoms with Crippen molar-refractivity contribution in [3.63, 3.8) is 0 Å². The normalized spacial score (nSPS) is 12.5. The number of hydrogen-bond donors (Lipinski definition) is 1. The van der Waals surface area contributed by atoms with Crippen LogP contribution in [-0.2, 0) is 11.3 Å². The van der Waals surface area contributed by atoms with Crippen molar-refractivity contribution in [2.75, 3.05) is 14.1 Å². The van der Waals surface area contributed by atoms with Gasteiger partial charge in [0.05, 0.1) is 6.20 Å². The third kappa shape index (κ3) is 3.26. The average Bonchev–Trinajstić information content (AvgIpc) is 2.98. The average molecular weight is 327 g/mol. The Bertz CT molecular complexity index is 844. The van der Waals surface area contributed by atoms with Crippen LogP contribution < -0.4 is 5.32 Å². The van der Waals surface area contributed by atoms with Crippen LogP contribution in [0, 0.1) is 5.82 Å². The van der Waals surface area contributed by atoms with Gasteiger partial charge >= 0.3 is 0 Å². The van der Waals surface area contributed by atoms with Crippen molar-refractivity contribution in [2.24, 2.45) is 0 Å². The number of halogens is 1. The Kier molecular flexibility index (Phi) is 4.52. The summed E-state index contributed by atoms with van der Waals surface area (Å²) in [4.78, 5) is 18.7. The fraction of sp³-hybridized carbons (Fsp3) is 0.235. The smallest absolute Gasteiger partial charge is 0.242 e. The van der Waals surface area contributed by atoms with Gasteiger partial charge < -0.3 is 5.32 Å². The second kappa shape index (κ2) is 6.76. The third-order valence-electron chi connectivity index (χ3n) is 3.76. The van der Waals surface area contributed by atoms with Gasteiger partial charge in [-0.05, 0) is 37.9 Å². The third-order valence-corrected chi connectivity index (χ3v) is 3.76. The highest BCUT2D eigenvalue weighted by Gasteiger charge is 2.23. The quantitative estimate of drug-likeness (QED) is 0.776. The summed E-state index contributed by atoms with van der Waals surface area (Å²) in [5.41, 5.74) is 2.28. The monoisotopic (exact) mass is 327 g/mol. The van der Waals surface area contributed by atoms with Crippen LogP contribution in [0.5, 0.6) is 0 Å². The van der Waals surface area contributed by atoms with Gasteiger partial charge in [0.1, 0.15) is 11.9 Å². The van der Waals surface area contributed by atoms with Crippen molar-refractivity contribution < 1.29 is 9.18 Å². The minimum absolute atomic E-state index is 0.165. The minimum Gasteiger partial charge on any atom is -0.350 e. The van der Waals surface area contributed by atoms with Crippen LogP contribution in [0.25, 0.3) is 5.65 Å². The maximum absolute atomic E-state index is 13.1. The lowest BCUT2D eigenvalue weighted by molar-refractivity contribution is -0.125. The molecule has 0 fully saturated rings. The maximum Gasteiger partial charge on any atom is 0.242 e. The van der Waals surface area contributed by atoms with Crippen LogP contribution in [0.1, 0.15) is 17.2 Å². The van der Waals surface area contributed by atoms with E-state index in [0.29, 0.717) is 12.2 Å². The first kappa shape index (κ1) is 16.1. The molecule has 0 spiro atoms. The molecule has 3 aromatic rings. The molecular weight excluding hydrogens is 309 g/mol. The zero-order valence-corrected chi connectivity index (χ0v) is 13.5. The highest BCUT2D eigenvalue weighted by atomic mass is 19.1. The summed E-state index contributed by atoms with van der Waals surface area (Å²) in [6, 6.07) is 7.24. The summed E-state index contributed by atoms with van der Waals surface area (Å²) < 4.78 is 14.8. The van der Waals surface area contributed by atoms with Gasteiger partial charge in [0, 0.05) is 24.5 Å². The molecule has 1 atom stereocenters. The molecule has 1 unspecified atom stereocenters. The molecule has 1 N–H and O–H groups in total. The van der Waals surface area contributed by atoms with E-state index in [-0.39, 0.29) is 11.7 Å². The number of likely N-dealkylation sites (N-methyl/N-ethyl adjacent to an activating group) is 1. The Morgan fingerprint density at radius 1 is 1.33 bits per heavy atom. The maximum atomic E-state index is 13.1. The van der Waals surface area contributed by atoms with Crippen molar-refractivity contribution in [1.82, 2.24) is 24.8 Å². The summed E-state index contributed by atoms with van der Waals surface area (Å²) in [7, 11) is 3.62. The van der Waals surface area contributed by atoms with Gasteiger partial charge in [-0.2, -0.15) is 5.10 Å². The van der Waals surface area contributed by atoms with Gasteiger partial charge in [-0.25, -0.2) is 13.9 Å². The van der Waals surface area contributed by atoms with Gasteiger partial charge in [0.25, 0.3) is 0 Å². The molecule has 2 heterocycles. The van der Waals surface area contributed by atoms with Gasteiger partial charge in [0.15, 0.2) is 5.65 Å². The molecule has 0 bridgehead atoms. The fourth-order valence-corrected chi connectivity index (χ4v) is 2.61. The first-order chi connectivity index (χ1) is 11.6. The second-order valence-electron chi connectivity index (χ2n) is 5.69. The molecule has 2 aromatic heterocycles. The molecule has 7 heteroatoms. The molecule has 3 rings (SSSR count). The molecule has 0 aliphatic carbocycles. The van der Waals surface area contributed by atoms with E-state index in [1.165, 1.54) is 12.1 Å². The van der Waals surface area contributed by atoms with Gasteiger partial charge in [-0.3, -0.25) is 9.69 Å². The molecule has 0 radical (unpaired) electrons. The first-order valence-corrected chi connectivity index (χ1v) is 7.53. The van der Waals surface area contributed by atoms with Gasteiger partial charge in [-0.1, -0.05) is 12.1 Å². The SMILES string of the molecule is CN(C)C(C(=O)NCc1cnn2cccnc12)c1ccc(F)cc1. The number of rotatable bonds is 5. The zero-order valence-electron chi connectivity index (χ0n) is 13.5. The Morgan fingerprint density at radius 3 is 2.79 bits per heavy atom. The van der Waals surface area contributed by atoms with Crippen LogP contribution in [-0.4, -0.2) is 39.5 Å². The minimum atomic E-state index is -0.500. The molecule has 1 amide bonds. The van der Waals surface area contributed by atoms with E-state index in [1.54, 1.807) is 46.2 Å². The lowest BCUT2D eigenvalue weighted by atomic mass is 10.1. The lowest BCUT2D eigenvalue weighted by Gasteiger charge is -2.23. The molecule has 0 saturated carbocycles. The van der Waals surface area contributed by atoms with Crippen LogP contribution in [0.3, 0.4) is 0 Å². The predicted octanol–water partition coefficient (Wildman–Crippen LogP) is 1.79. The van der Waals surface area contributed by atoms with Crippen LogP contribution >= 0.6 is 0 Å². The van der Waals surface area contributed by atoms with Gasteiger partial charge in [0.2, 0.25) is 5.91 Å². The summed E-state index contributed by atoms with van der Waals surface area (Å²) in [5.74, 6) is -0.490. The number of hydrogen-bond acceptors (Lipinski definition) is 4. The Labute approximate surface area is 138 Å². The van der Waals surface area contributed by atoms with Crippen molar-refractivity contribution >= 4 is 11.6 Å². The highest BCUT2D eigenvalue weighted by Crippen LogP contribution is 2.19. The molecule has 124 valence electrons. The van der Waals surface area contributed by atoms with E-state index in [4.69, 9.17) is 0 Å². The largest absolute Gasteiger partial charge is 0.350 e. The Balaban J connectivity index is 1.75. The number of carbonyl (C=O) groups excluding carboxylic acids is 1. The number of amides is 1. The second-order valence-corrected chi connectivity index (χ2v) is 5.69. The van der Waals surface area contributed by atoms with Crippen molar-refractivity contribution in [1.29, 1.82) is 0 Å². The van der Waals surface area contributed by atoms with Crippen LogP contribution in [0.15, 0.2) is 48.9 Å². The molecule has 1 aromatic carbocycles. The molecule has 0 aliphatic heterocycles. The van der Waals surface area contributed by atoms with Gasteiger partial charge in [-0.15, -0.1) is 0 Å². The number of aromatic nitrogens is 3. The molecular formula is C17H18FN5O. The van der Waals surface area contributed by atoms with E-state index >= 15 is 0 Å². The fourth-order valence-electron chi connectivity index (χ4n) is 2.61. The summed E-state index contributed by atoms with van der Waals surface area (Å²) in [6.07, 6.45) is 5.17. The Morgan fingerprint density at radius 2 is 2.08 bits per heavy atom. The van der Waals surface area contributed by atoms with E-state index < -0.39 is 6.04 Å². The van der Waals surface area contributed by atoms with Crippen LogP contribution in [0.4, 0.5) is 4.39 Å². The van der Waals surface area contributed by atoms with E-state index in [9.17, 15) is 9.18 Å². The van der Waals surface area contributed by atoms with E-state index in [1.807, 2.05) is 14.1 Å². The van der Waals surface area contributed by atoms with Crippen molar-refractivity contribution in [2.45, 2.75) is 12.6 Å². The first-order valence-electron chi connectivity index (χ1n) is 7.53. The number of nitrogens with one attached hydrogen (secondary N) is 1. The summed E-state index contributed by atoms with van der Waals surface area (Å²) in [5, 5.41) is 7.10. The van der Waals surface area contributed by atoms with Crippen molar-refractivity contribution in [3.8, 4) is 0 Å². The molecule has 6 nitrogen and oxygen atoms in total. The summed E-state index contributed by atoms with van der Waals surface area (Å²) in [6.45, 7) is 0.324. The standard InChI is InChI=1S/C17H18FN5O/c1-22(2)15(12-4-6-14(18)7-5-12)17(24)20-10-13-11-21-23-9-3-8-19-16(13)23/h3-9,11,15H,10H2,1-2H3,(H,20,24). The van der Waals surface area contributed by atoms with Crippen LogP contribution in [0.2, 0.25) is 0 Å². The number of nitrogens with zero attached hydrogens (tertiary/aromatic N) is 4.